The molecule has 0 heterocycles. The van der Waals surface area contributed by atoms with Crippen molar-refractivity contribution in [3.8, 4) is 0 Å². The summed E-state index contributed by atoms with van der Waals surface area (Å²) in [6.45, 7) is 4.48. The van der Waals surface area contributed by atoms with E-state index in [2.05, 4.69) is 21.2 Å². The fourth-order valence-corrected chi connectivity index (χ4v) is 1.95. The number of likely N-dealkylation sites (N-methyl/N-ethyl adjacent to an activating group) is 1. The molecule has 1 unspecified atom stereocenters. The molecular formula is C12H17BrFNO. The third kappa shape index (κ3) is 3.54. The Bertz CT molecular complexity index is 344. The summed E-state index contributed by atoms with van der Waals surface area (Å²) in [5, 5.41) is 3.12. The largest absolute Gasteiger partial charge is 0.377 e. The van der Waals surface area contributed by atoms with Crippen molar-refractivity contribution in [2.24, 2.45) is 0 Å². The van der Waals surface area contributed by atoms with E-state index in [0.29, 0.717) is 11.1 Å². The number of nitrogens with one attached hydrogen (secondary N) is 1. The van der Waals surface area contributed by atoms with Gasteiger partial charge in [-0.05, 0) is 48.5 Å². The average molecular weight is 290 g/mol. The minimum absolute atomic E-state index is 0.00697. The molecule has 1 aromatic rings. The summed E-state index contributed by atoms with van der Waals surface area (Å²) in [6, 6.07) is 5.02. The Hall–Kier alpha value is -0.450. The first kappa shape index (κ1) is 13.6. The zero-order valence-corrected chi connectivity index (χ0v) is 11.3. The zero-order valence-electron chi connectivity index (χ0n) is 9.76. The van der Waals surface area contributed by atoms with Crippen LogP contribution in [0.25, 0.3) is 0 Å². The summed E-state index contributed by atoms with van der Waals surface area (Å²) in [7, 11) is 1.84. The molecule has 0 aliphatic heterocycles. The number of benzene rings is 1. The Morgan fingerprint density at radius 2 is 2.12 bits per heavy atom. The molecule has 0 amide bonds. The Morgan fingerprint density at radius 3 is 2.69 bits per heavy atom. The predicted molar refractivity (Wildman–Crippen MR) is 67.0 cm³/mol. The van der Waals surface area contributed by atoms with E-state index in [1.54, 1.807) is 6.07 Å². The van der Waals surface area contributed by atoms with Crippen LogP contribution in [0.15, 0.2) is 22.7 Å². The average Bonchev–Trinajstić information content (AvgIpc) is 2.24. The summed E-state index contributed by atoms with van der Waals surface area (Å²) < 4.78 is 19.4. The first-order valence-corrected chi connectivity index (χ1v) is 6.08. The SMILES string of the molecule is CNC(COC(C)C)c1cccc(F)c1Br. The lowest BCUT2D eigenvalue weighted by Crippen LogP contribution is -2.24. The molecule has 2 nitrogen and oxygen atoms in total. The monoisotopic (exact) mass is 289 g/mol. The second-order valence-corrected chi connectivity index (χ2v) is 4.66. The maximum absolute atomic E-state index is 13.4. The van der Waals surface area contributed by atoms with Crippen LogP contribution in [0.5, 0.6) is 0 Å². The molecule has 0 fully saturated rings. The second kappa shape index (κ2) is 6.33. The third-order valence-corrected chi connectivity index (χ3v) is 3.14. The summed E-state index contributed by atoms with van der Waals surface area (Å²) in [6.07, 6.45) is 0.170. The molecule has 0 radical (unpaired) electrons. The highest BCUT2D eigenvalue weighted by atomic mass is 79.9. The van der Waals surface area contributed by atoms with Gasteiger partial charge in [0.1, 0.15) is 5.82 Å². The van der Waals surface area contributed by atoms with Gasteiger partial charge in [0.2, 0.25) is 0 Å². The predicted octanol–water partition coefficient (Wildman–Crippen LogP) is 3.27. The van der Waals surface area contributed by atoms with Crippen molar-refractivity contribution < 1.29 is 9.13 Å². The topological polar surface area (TPSA) is 21.3 Å². The number of rotatable bonds is 5. The van der Waals surface area contributed by atoms with Crippen LogP contribution in [-0.4, -0.2) is 19.8 Å². The lowest BCUT2D eigenvalue weighted by atomic mass is 10.1. The van der Waals surface area contributed by atoms with E-state index in [-0.39, 0.29) is 18.0 Å². The minimum Gasteiger partial charge on any atom is -0.377 e. The lowest BCUT2D eigenvalue weighted by molar-refractivity contribution is 0.0624. The fraction of sp³-hybridized carbons (Fsp3) is 0.500. The van der Waals surface area contributed by atoms with Gasteiger partial charge in [-0.15, -0.1) is 0 Å². The molecule has 0 saturated carbocycles. The number of ether oxygens (including phenoxy) is 1. The van der Waals surface area contributed by atoms with E-state index >= 15 is 0 Å². The van der Waals surface area contributed by atoms with E-state index in [1.807, 2.05) is 27.0 Å². The lowest BCUT2D eigenvalue weighted by Gasteiger charge is -2.19. The van der Waals surface area contributed by atoms with Gasteiger partial charge in [0.05, 0.1) is 23.2 Å². The maximum atomic E-state index is 13.4. The highest BCUT2D eigenvalue weighted by Crippen LogP contribution is 2.26. The van der Waals surface area contributed by atoms with Crippen LogP contribution in [0.4, 0.5) is 4.39 Å². The summed E-state index contributed by atoms with van der Waals surface area (Å²) >= 11 is 3.26. The van der Waals surface area contributed by atoms with Gasteiger partial charge in [-0.3, -0.25) is 0 Å². The van der Waals surface area contributed by atoms with E-state index in [4.69, 9.17) is 4.74 Å². The number of halogens is 2. The molecule has 90 valence electrons. The molecule has 0 saturated heterocycles. The van der Waals surface area contributed by atoms with Gasteiger partial charge in [0, 0.05) is 0 Å². The normalized spacial score (nSPS) is 13.1. The van der Waals surface area contributed by atoms with Crippen LogP contribution < -0.4 is 5.32 Å². The molecule has 16 heavy (non-hydrogen) atoms. The molecule has 0 aliphatic rings. The molecule has 0 aromatic heterocycles. The van der Waals surface area contributed by atoms with Crippen molar-refractivity contribution in [3.63, 3.8) is 0 Å². The van der Waals surface area contributed by atoms with Crippen molar-refractivity contribution in [1.82, 2.24) is 5.32 Å². The summed E-state index contributed by atoms with van der Waals surface area (Å²) in [4.78, 5) is 0. The Kier molecular flexibility index (Phi) is 5.38. The molecule has 0 spiro atoms. The van der Waals surface area contributed by atoms with Crippen LogP contribution in [0.2, 0.25) is 0 Å². The molecule has 1 aromatic carbocycles. The first-order valence-electron chi connectivity index (χ1n) is 5.29. The van der Waals surface area contributed by atoms with E-state index in [1.165, 1.54) is 6.07 Å². The smallest absolute Gasteiger partial charge is 0.137 e. The maximum Gasteiger partial charge on any atom is 0.137 e. The quantitative estimate of drug-likeness (QED) is 0.898. The van der Waals surface area contributed by atoms with Crippen LogP contribution in [0, 0.1) is 5.82 Å². The molecule has 0 bridgehead atoms. The zero-order chi connectivity index (χ0) is 12.1. The molecule has 1 N–H and O–H groups in total. The van der Waals surface area contributed by atoms with Crippen molar-refractivity contribution in [2.75, 3.05) is 13.7 Å². The van der Waals surface area contributed by atoms with Crippen LogP contribution in [-0.2, 0) is 4.74 Å². The van der Waals surface area contributed by atoms with Crippen molar-refractivity contribution in [1.29, 1.82) is 0 Å². The van der Waals surface area contributed by atoms with Gasteiger partial charge in [-0.1, -0.05) is 12.1 Å². The van der Waals surface area contributed by atoms with Crippen molar-refractivity contribution in [3.05, 3.63) is 34.1 Å². The fourth-order valence-electron chi connectivity index (χ4n) is 1.41. The Morgan fingerprint density at radius 1 is 1.44 bits per heavy atom. The minimum atomic E-state index is -0.248. The Labute approximate surface area is 104 Å². The van der Waals surface area contributed by atoms with E-state index < -0.39 is 0 Å². The third-order valence-electron chi connectivity index (χ3n) is 2.30. The highest BCUT2D eigenvalue weighted by Gasteiger charge is 2.15. The van der Waals surface area contributed by atoms with Crippen LogP contribution in [0.1, 0.15) is 25.5 Å². The van der Waals surface area contributed by atoms with Crippen molar-refractivity contribution >= 4 is 15.9 Å². The van der Waals surface area contributed by atoms with Crippen LogP contribution in [0.3, 0.4) is 0 Å². The second-order valence-electron chi connectivity index (χ2n) is 3.87. The summed E-state index contributed by atoms with van der Waals surface area (Å²) in [5.74, 6) is -0.248. The van der Waals surface area contributed by atoms with E-state index in [0.717, 1.165) is 5.56 Å². The Balaban J connectivity index is 2.82. The van der Waals surface area contributed by atoms with Gasteiger partial charge in [-0.2, -0.15) is 0 Å². The van der Waals surface area contributed by atoms with Crippen LogP contribution >= 0.6 is 15.9 Å². The number of hydrogen-bond donors (Lipinski definition) is 1. The molecular weight excluding hydrogens is 273 g/mol. The number of hydrogen-bond acceptors (Lipinski definition) is 2. The highest BCUT2D eigenvalue weighted by molar-refractivity contribution is 9.10. The van der Waals surface area contributed by atoms with Crippen molar-refractivity contribution in [2.45, 2.75) is 26.0 Å². The van der Waals surface area contributed by atoms with Gasteiger partial charge in [0.25, 0.3) is 0 Å². The molecule has 1 rings (SSSR count). The van der Waals surface area contributed by atoms with E-state index in [9.17, 15) is 4.39 Å². The molecule has 4 heteroatoms. The van der Waals surface area contributed by atoms with Gasteiger partial charge in [-0.25, -0.2) is 4.39 Å². The van der Waals surface area contributed by atoms with Gasteiger partial charge < -0.3 is 10.1 Å². The molecule has 1 atom stereocenters. The first-order chi connectivity index (χ1) is 7.56. The summed E-state index contributed by atoms with van der Waals surface area (Å²) in [5.41, 5.74) is 0.878. The standard InChI is InChI=1S/C12H17BrFNO/c1-8(2)16-7-11(15-3)9-5-4-6-10(14)12(9)13/h4-6,8,11,15H,7H2,1-3H3. The van der Waals surface area contributed by atoms with Gasteiger partial charge in [0.15, 0.2) is 0 Å². The van der Waals surface area contributed by atoms with Gasteiger partial charge >= 0.3 is 0 Å². The molecule has 0 aliphatic carbocycles.